The first-order chi connectivity index (χ1) is 8.63. The number of methoxy groups -OCH3 is 1. The van der Waals surface area contributed by atoms with Crippen LogP contribution in [0.5, 0.6) is 0 Å². The molecule has 0 saturated carbocycles. The molecule has 0 fully saturated rings. The third-order valence-electron chi connectivity index (χ3n) is 3.09. The van der Waals surface area contributed by atoms with Crippen LogP contribution in [-0.2, 0) is 11.2 Å². The lowest BCUT2D eigenvalue weighted by atomic mass is 9.99. The Hall–Kier alpha value is -1.00. The number of hydrogen-bond acceptors (Lipinski definition) is 2. The number of ether oxygens (including phenoxy) is 1. The van der Waals surface area contributed by atoms with Crippen LogP contribution in [0.4, 0.5) is 8.78 Å². The SMILES string of the molecule is CCNC(Cc1cccc(F)c1F)C(CC)OC. The van der Waals surface area contributed by atoms with Crippen molar-refractivity contribution in [1.29, 1.82) is 0 Å². The van der Waals surface area contributed by atoms with Gasteiger partial charge in [0.05, 0.1) is 6.10 Å². The van der Waals surface area contributed by atoms with Gasteiger partial charge in [-0.25, -0.2) is 8.78 Å². The van der Waals surface area contributed by atoms with Gasteiger partial charge < -0.3 is 10.1 Å². The van der Waals surface area contributed by atoms with Crippen molar-refractivity contribution in [2.75, 3.05) is 13.7 Å². The van der Waals surface area contributed by atoms with E-state index in [0.717, 1.165) is 19.0 Å². The van der Waals surface area contributed by atoms with E-state index < -0.39 is 11.6 Å². The first kappa shape index (κ1) is 15.1. The maximum Gasteiger partial charge on any atom is 0.162 e. The topological polar surface area (TPSA) is 21.3 Å². The molecule has 0 spiro atoms. The fourth-order valence-corrected chi connectivity index (χ4v) is 2.16. The Kier molecular flexibility index (Phi) is 6.22. The summed E-state index contributed by atoms with van der Waals surface area (Å²) in [5.74, 6) is -1.56. The van der Waals surface area contributed by atoms with Gasteiger partial charge in [0.2, 0.25) is 0 Å². The Morgan fingerprint density at radius 3 is 2.56 bits per heavy atom. The molecule has 2 atom stereocenters. The largest absolute Gasteiger partial charge is 0.380 e. The molecule has 18 heavy (non-hydrogen) atoms. The van der Waals surface area contributed by atoms with Crippen molar-refractivity contribution in [3.8, 4) is 0 Å². The normalized spacial score (nSPS) is 14.5. The monoisotopic (exact) mass is 257 g/mol. The number of nitrogens with one attached hydrogen (secondary N) is 1. The van der Waals surface area contributed by atoms with Gasteiger partial charge in [-0.1, -0.05) is 26.0 Å². The van der Waals surface area contributed by atoms with Crippen LogP contribution in [0.3, 0.4) is 0 Å². The van der Waals surface area contributed by atoms with Crippen molar-refractivity contribution in [3.05, 3.63) is 35.4 Å². The molecule has 1 N–H and O–H groups in total. The summed E-state index contributed by atoms with van der Waals surface area (Å²) >= 11 is 0. The Morgan fingerprint density at radius 2 is 2.00 bits per heavy atom. The summed E-state index contributed by atoms with van der Waals surface area (Å²) in [5.41, 5.74) is 0.386. The summed E-state index contributed by atoms with van der Waals surface area (Å²) in [4.78, 5) is 0. The molecule has 0 aliphatic carbocycles. The molecule has 0 amide bonds. The van der Waals surface area contributed by atoms with E-state index in [9.17, 15) is 8.78 Å². The van der Waals surface area contributed by atoms with Crippen molar-refractivity contribution in [2.24, 2.45) is 0 Å². The second-order valence-electron chi connectivity index (χ2n) is 4.26. The summed E-state index contributed by atoms with van der Waals surface area (Å²) in [6, 6.07) is 4.27. The molecule has 1 rings (SSSR count). The predicted octanol–water partition coefficient (Wildman–Crippen LogP) is 2.91. The summed E-state index contributed by atoms with van der Waals surface area (Å²) < 4.78 is 32.2. The van der Waals surface area contributed by atoms with Crippen LogP contribution in [-0.4, -0.2) is 25.8 Å². The molecule has 0 radical (unpaired) electrons. The molecule has 2 unspecified atom stereocenters. The van der Waals surface area contributed by atoms with E-state index in [1.165, 1.54) is 6.07 Å². The molecule has 2 nitrogen and oxygen atoms in total. The molecule has 1 aromatic carbocycles. The number of hydrogen-bond donors (Lipinski definition) is 1. The summed E-state index contributed by atoms with van der Waals surface area (Å²) in [5, 5.41) is 3.27. The summed E-state index contributed by atoms with van der Waals surface area (Å²) in [7, 11) is 1.64. The Balaban J connectivity index is 2.85. The minimum atomic E-state index is -0.798. The van der Waals surface area contributed by atoms with E-state index >= 15 is 0 Å². The second kappa shape index (κ2) is 7.44. The molecule has 0 aliphatic heterocycles. The molecule has 0 aliphatic rings. The van der Waals surface area contributed by atoms with Crippen LogP contribution in [0.25, 0.3) is 0 Å². The molecular formula is C14H21F2NO. The number of likely N-dealkylation sites (N-methyl/N-ethyl adjacent to an activating group) is 1. The average Bonchev–Trinajstić information content (AvgIpc) is 2.36. The fourth-order valence-electron chi connectivity index (χ4n) is 2.16. The van der Waals surface area contributed by atoms with Gasteiger partial charge in [0.1, 0.15) is 0 Å². The van der Waals surface area contributed by atoms with Gasteiger partial charge in [-0.15, -0.1) is 0 Å². The predicted molar refractivity (Wildman–Crippen MR) is 68.6 cm³/mol. The van der Waals surface area contributed by atoms with E-state index in [-0.39, 0.29) is 12.1 Å². The van der Waals surface area contributed by atoms with Crippen molar-refractivity contribution in [2.45, 2.75) is 38.8 Å². The average molecular weight is 257 g/mol. The van der Waals surface area contributed by atoms with Gasteiger partial charge in [0, 0.05) is 13.2 Å². The molecule has 102 valence electrons. The highest BCUT2D eigenvalue weighted by Crippen LogP contribution is 2.16. The third-order valence-corrected chi connectivity index (χ3v) is 3.09. The molecule has 0 aromatic heterocycles. The van der Waals surface area contributed by atoms with Crippen LogP contribution < -0.4 is 5.32 Å². The number of rotatable bonds is 7. The Bertz CT molecular complexity index is 367. The second-order valence-corrected chi connectivity index (χ2v) is 4.26. The zero-order valence-electron chi connectivity index (χ0n) is 11.2. The van der Waals surface area contributed by atoms with Crippen molar-refractivity contribution in [3.63, 3.8) is 0 Å². The zero-order valence-corrected chi connectivity index (χ0v) is 11.2. The van der Waals surface area contributed by atoms with Crippen LogP contribution in [0.2, 0.25) is 0 Å². The molecule has 0 bridgehead atoms. The van der Waals surface area contributed by atoms with E-state index in [1.807, 2.05) is 13.8 Å². The lowest BCUT2D eigenvalue weighted by molar-refractivity contribution is 0.0655. The highest BCUT2D eigenvalue weighted by atomic mass is 19.2. The van der Waals surface area contributed by atoms with Gasteiger partial charge >= 0.3 is 0 Å². The smallest absolute Gasteiger partial charge is 0.162 e. The van der Waals surface area contributed by atoms with E-state index in [1.54, 1.807) is 13.2 Å². The molecule has 1 aromatic rings. The first-order valence-corrected chi connectivity index (χ1v) is 6.33. The molecule has 0 heterocycles. The van der Waals surface area contributed by atoms with E-state index in [2.05, 4.69) is 5.32 Å². The lowest BCUT2D eigenvalue weighted by Crippen LogP contribution is -2.42. The van der Waals surface area contributed by atoms with Crippen LogP contribution >= 0.6 is 0 Å². The van der Waals surface area contributed by atoms with Gasteiger partial charge in [0.25, 0.3) is 0 Å². The third kappa shape index (κ3) is 3.75. The molecule has 4 heteroatoms. The van der Waals surface area contributed by atoms with Gasteiger partial charge in [-0.2, -0.15) is 0 Å². The molecule has 0 saturated heterocycles. The van der Waals surface area contributed by atoms with Crippen molar-refractivity contribution < 1.29 is 13.5 Å². The van der Waals surface area contributed by atoms with Gasteiger partial charge in [-0.05, 0) is 31.0 Å². The van der Waals surface area contributed by atoms with Crippen molar-refractivity contribution in [1.82, 2.24) is 5.32 Å². The van der Waals surface area contributed by atoms with E-state index in [0.29, 0.717) is 12.0 Å². The van der Waals surface area contributed by atoms with Crippen LogP contribution in [0, 0.1) is 11.6 Å². The van der Waals surface area contributed by atoms with Crippen LogP contribution in [0.15, 0.2) is 18.2 Å². The Morgan fingerprint density at radius 1 is 1.28 bits per heavy atom. The molecular weight excluding hydrogens is 236 g/mol. The zero-order chi connectivity index (χ0) is 13.5. The van der Waals surface area contributed by atoms with Gasteiger partial charge in [-0.3, -0.25) is 0 Å². The number of halogens is 2. The summed E-state index contributed by atoms with van der Waals surface area (Å²) in [6.07, 6.45) is 1.24. The quantitative estimate of drug-likeness (QED) is 0.811. The van der Waals surface area contributed by atoms with Crippen molar-refractivity contribution >= 4 is 0 Å². The first-order valence-electron chi connectivity index (χ1n) is 6.33. The minimum absolute atomic E-state index is 0.00684. The number of benzene rings is 1. The lowest BCUT2D eigenvalue weighted by Gasteiger charge is -2.26. The highest BCUT2D eigenvalue weighted by molar-refractivity contribution is 5.20. The standard InChI is InChI=1S/C14H21F2NO/c1-4-13(18-3)12(17-5-2)9-10-7-6-8-11(15)14(10)16/h6-8,12-13,17H,4-5,9H2,1-3H3. The maximum atomic E-state index is 13.6. The van der Waals surface area contributed by atoms with E-state index in [4.69, 9.17) is 4.74 Å². The Labute approximate surface area is 107 Å². The maximum absolute atomic E-state index is 13.6. The van der Waals surface area contributed by atoms with Crippen LogP contribution in [0.1, 0.15) is 25.8 Å². The minimum Gasteiger partial charge on any atom is -0.380 e. The van der Waals surface area contributed by atoms with Gasteiger partial charge in [0.15, 0.2) is 11.6 Å². The summed E-state index contributed by atoms with van der Waals surface area (Å²) in [6.45, 7) is 4.76. The fraction of sp³-hybridized carbons (Fsp3) is 0.571. The highest BCUT2D eigenvalue weighted by Gasteiger charge is 2.21.